The van der Waals surface area contributed by atoms with Crippen molar-refractivity contribution in [3.8, 4) is 6.07 Å². The maximum atomic E-state index is 12.1. The number of hydrogen-bond acceptors (Lipinski definition) is 5. The normalized spacial score (nSPS) is 13.4. The highest BCUT2D eigenvalue weighted by Crippen LogP contribution is 2.24. The van der Waals surface area contributed by atoms with Crippen LogP contribution in [0.4, 0.5) is 0 Å². The first-order chi connectivity index (χ1) is 12.0. The zero-order chi connectivity index (χ0) is 18.7. The monoisotopic (exact) mass is 382 g/mol. The van der Waals surface area contributed by atoms with Crippen LogP contribution in [0, 0.1) is 25.2 Å². The van der Waals surface area contributed by atoms with Gasteiger partial charge in [-0.1, -0.05) is 39.0 Å². The average Bonchev–Trinajstić information content (AvgIpc) is 2.55. The first kappa shape index (κ1) is 22.1. The number of aryl methyl sites for hydroxylation is 2. The Kier molecular flexibility index (Phi) is 11.0. The molecule has 1 heterocycles. The fourth-order valence-corrected chi connectivity index (χ4v) is 5.02. The van der Waals surface area contributed by atoms with Gasteiger partial charge in [-0.15, -0.1) is 11.8 Å². The number of pyridine rings is 1. The van der Waals surface area contributed by atoms with E-state index in [9.17, 15) is 14.6 Å². The smallest absolute Gasteiger partial charge is 0.114 e. The largest absolute Gasteiger partial charge is 0.391 e. The van der Waals surface area contributed by atoms with Crippen LogP contribution in [-0.4, -0.2) is 37.7 Å². The predicted molar refractivity (Wildman–Crippen MR) is 106 cm³/mol. The summed E-state index contributed by atoms with van der Waals surface area (Å²) in [6.07, 6.45) is 6.42. The molecule has 0 aromatic carbocycles. The van der Waals surface area contributed by atoms with Crippen molar-refractivity contribution >= 4 is 22.6 Å². The predicted octanol–water partition coefficient (Wildman–Crippen LogP) is 4.13. The number of aliphatic hydroxyl groups excluding tert-OH is 1. The molecular formula is C19H30N2O2S2. The van der Waals surface area contributed by atoms with Crippen LogP contribution in [-0.2, 0) is 10.8 Å². The summed E-state index contributed by atoms with van der Waals surface area (Å²) >= 11 is 1.37. The first-order valence-corrected chi connectivity index (χ1v) is 11.5. The minimum atomic E-state index is -0.980. The minimum Gasteiger partial charge on any atom is -0.391 e. The summed E-state index contributed by atoms with van der Waals surface area (Å²) in [6, 6.07) is 4.06. The Balaban J connectivity index is 2.34. The Morgan fingerprint density at radius 2 is 1.96 bits per heavy atom. The van der Waals surface area contributed by atoms with Crippen molar-refractivity contribution in [1.82, 2.24) is 4.98 Å². The molecule has 140 valence electrons. The van der Waals surface area contributed by atoms with E-state index in [4.69, 9.17) is 0 Å². The third-order valence-electron chi connectivity index (χ3n) is 3.94. The third-order valence-corrected chi connectivity index (χ3v) is 6.56. The molecule has 6 heteroatoms. The maximum Gasteiger partial charge on any atom is 0.114 e. The van der Waals surface area contributed by atoms with E-state index in [0.717, 1.165) is 24.1 Å². The number of unbranched alkanes of at least 4 members (excludes halogenated alkanes) is 5. The van der Waals surface area contributed by atoms with E-state index in [1.54, 1.807) is 0 Å². The fraction of sp³-hybridized carbons (Fsp3) is 0.684. The Morgan fingerprint density at radius 3 is 2.64 bits per heavy atom. The molecular weight excluding hydrogens is 352 g/mol. The molecule has 0 aliphatic rings. The van der Waals surface area contributed by atoms with E-state index < -0.39 is 16.9 Å². The van der Waals surface area contributed by atoms with Crippen LogP contribution in [0.3, 0.4) is 0 Å². The van der Waals surface area contributed by atoms with Crippen LogP contribution < -0.4 is 0 Å². The number of hydrogen-bond donors (Lipinski definition) is 1. The second-order valence-corrected chi connectivity index (χ2v) is 9.05. The lowest BCUT2D eigenvalue weighted by atomic mass is 10.1. The van der Waals surface area contributed by atoms with Crippen molar-refractivity contribution in [2.75, 3.05) is 17.3 Å². The Labute approximate surface area is 158 Å². The van der Waals surface area contributed by atoms with Gasteiger partial charge in [-0.3, -0.25) is 4.21 Å². The van der Waals surface area contributed by atoms with Gasteiger partial charge in [0.1, 0.15) is 11.1 Å². The number of aliphatic hydroxyl groups is 1. The summed E-state index contributed by atoms with van der Waals surface area (Å²) in [5.74, 6) is 1.38. The summed E-state index contributed by atoms with van der Waals surface area (Å²) in [6.45, 7) is 5.98. The molecule has 1 aromatic rings. The quantitative estimate of drug-likeness (QED) is 0.434. The number of thioether (sulfide) groups is 1. The second-order valence-electron chi connectivity index (χ2n) is 6.42. The molecule has 0 bridgehead atoms. The number of rotatable bonds is 12. The van der Waals surface area contributed by atoms with Gasteiger partial charge in [0.05, 0.1) is 17.4 Å². The zero-order valence-electron chi connectivity index (χ0n) is 15.6. The van der Waals surface area contributed by atoms with Gasteiger partial charge >= 0.3 is 0 Å². The summed E-state index contributed by atoms with van der Waals surface area (Å²) < 4.78 is 12.1. The van der Waals surface area contributed by atoms with Crippen molar-refractivity contribution in [3.63, 3.8) is 0 Å². The Hall–Kier alpha value is -0.900. The summed E-state index contributed by atoms with van der Waals surface area (Å²) in [5.41, 5.74) is 2.33. The van der Waals surface area contributed by atoms with Crippen molar-refractivity contribution in [2.45, 2.75) is 70.4 Å². The Morgan fingerprint density at radius 1 is 1.28 bits per heavy atom. The van der Waals surface area contributed by atoms with Gasteiger partial charge in [-0.25, -0.2) is 4.98 Å². The highest BCUT2D eigenvalue weighted by molar-refractivity contribution is 7.99. The topological polar surface area (TPSA) is 74.0 Å². The molecule has 1 N–H and O–H groups in total. The highest BCUT2D eigenvalue weighted by Gasteiger charge is 2.14. The minimum absolute atomic E-state index is 0.300. The van der Waals surface area contributed by atoms with E-state index in [2.05, 4.69) is 18.0 Å². The Bertz CT molecular complexity index is 600. The molecule has 1 rings (SSSR count). The number of nitrogens with zero attached hydrogens (tertiary/aromatic N) is 2. The van der Waals surface area contributed by atoms with Crippen molar-refractivity contribution < 1.29 is 9.32 Å². The van der Waals surface area contributed by atoms with E-state index in [1.165, 1.54) is 37.4 Å². The van der Waals surface area contributed by atoms with Crippen molar-refractivity contribution in [3.05, 3.63) is 22.9 Å². The maximum absolute atomic E-state index is 12.1. The molecule has 4 nitrogen and oxygen atoms in total. The highest BCUT2D eigenvalue weighted by atomic mass is 32.2. The average molecular weight is 383 g/mol. The SMILES string of the molecule is CCCCCCCCS(=O)CC(O)CSc1nc(C)cc(C)c1C#N. The lowest BCUT2D eigenvalue weighted by molar-refractivity contribution is 0.224. The second kappa shape index (κ2) is 12.5. The van der Waals surface area contributed by atoms with Gasteiger partial charge in [0, 0.05) is 28.0 Å². The summed E-state index contributed by atoms with van der Waals surface area (Å²) in [4.78, 5) is 4.39. The van der Waals surface area contributed by atoms with E-state index in [0.29, 0.717) is 27.8 Å². The lowest BCUT2D eigenvalue weighted by Crippen LogP contribution is -2.21. The molecule has 1 aromatic heterocycles. The molecule has 0 amide bonds. The molecule has 2 atom stereocenters. The van der Waals surface area contributed by atoms with Gasteiger partial charge in [0.15, 0.2) is 0 Å². The first-order valence-electron chi connectivity index (χ1n) is 9.02. The fourth-order valence-electron chi connectivity index (χ4n) is 2.61. The summed E-state index contributed by atoms with van der Waals surface area (Å²) in [7, 11) is -0.980. The molecule has 0 saturated carbocycles. The van der Waals surface area contributed by atoms with E-state index in [-0.39, 0.29) is 0 Å². The molecule has 2 unspecified atom stereocenters. The molecule has 0 aliphatic carbocycles. The van der Waals surface area contributed by atoms with Gasteiger partial charge < -0.3 is 5.11 Å². The molecule has 0 saturated heterocycles. The van der Waals surface area contributed by atoms with Crippen LogP contribution in [0.5, 0.6) is 0 Å². The van der Waals surface area contributed by atoms with Crippen molar-refractivity contribution in [1.29, 1.82) is 5.26 Å². The van der Waals surface area contributed by atoms with E-state index in [1.807, 2.05) is 19.9 Å². The molecule has 0 radical (unpaired) electrons. The molecule has 0 spiro atoms. The van der Waals surface area contributed by atoms with Crippen LogP contribution in [0.1, 0.15) is 62.3 Å². The summed E-state index contributed by atoms with van der Waals surface area (Å²) in [5, 5.41) is 20.0. The molecule has 0 fully saturated rings. The standard InChI is InChI=1S/C19H30N2O2S2/c1-4-5-6-7-8-9-10-25(23)14-17(22)13-24-19-18(12-20)15(2)11-16(3)21-19/h11,17,22H,4-10,13-14H2,1-3H3. The number of nitriles is 1. The van der Waals surface area contributed by atoms with Gasteiger partial charge in [0.2, 0.25) is 0 Å². The number of aromatic nitrogens is 1. The van der Waals surface area contributed by atoms with Crippen LogP contribution in [0.2, 0.25) is 0 Å². The molecule has 0 aliphatic heterocycles. The van der Waals surface area contributed by atoms with Crippen LogP contribution in [0.25, 0.3) is 0 Å². The van der Waals surface area contributed by atoms with Gasteiger partial charge in [0.25, 0.3) is 0 Å². The van der Waals surface area contributed by atoms with Crippen LogP contribution in [0.15, 0.2) is 11.1 Å². The molecule has 25 heavy (non-hydrogen) atoms. The zero-order valence-corrected chi connectivity index (χ0v) is 17.2. The van der Waals surface area contributed by atoms with Gasteiger partial charge in [-0.2, -0.15) is 5.26 Å². The van der Waals surface area contributed by atoms with Gasteiger partial charge in [-0.05, 0) is 31.9 Å². The van der Waals surface area contributed by atoms with E-state index >= 15 is 0 Å². The third kappa shape index (κ3) is 8.84. The van der Waals surface area contributed by atoms with Crippen molar-refractivity contribution in [2.24, 2.45) is 0 Å². The van der Waals surface area contributed by atoms with Crippen LogP contribution >= 0.6 is 11.8 Å². The lowest BCUT2D eigenvalue weighted by Gasteiger charge is -2.12.